The van der Waals surface area contributed by atoms with Gasteiger partial charge in [0.2, 0.25) is 5.91 Å². The van der Waals surface area contributed by atoms with Crippen molar-refractivity contribution in [3.8, 4) is 0 Å². The van der Waals surface area contributed by atoms with Gasteiger partial charge in [0.25, 0.3) is 0 Å². The minimum atomic E-state index is 0.0666. The van der Waals surface area contributed by atoms with Crippen LogP contribution in [0.15, 0.2) is 41.8 Å². The van der Waals surface area contributed by atoms with Gasteiger partial charge >= 0.3 is 0 Å². The van der Waals surface area contributed by atoms with E-state index in [9.17, 15) is 4.79 Å². The lowest BCUT2D eigenvalue weighted by Gasteiger charge is -2.13. The fourth-order valence-corrected chi connectivity index (χ4v) is 2.88. The van der Waals surface area contributed by atoms with Gasteiger partial charge < -0.3 is 5.32 Å². The van der Waals surface area contributed by atoms with Gasteiger partial charge in [-0.05, 0) is 42.5 Å². The Balaban J connectivity index is 1.84. The Kier molecular flexibility index (Phi) is 5.00. The summed E-state index contributed by atoms with van der Waals surface area (Å²) in [5.74, 6) is 0.0666. The fourth-order valence-electron chi connectivity index (χ4n) is 1.97. The molecule has 0 aliphatic carbocycles. The summed E-state index contributed by atoms with van der Waals surface area (Å²) in [6.07, 6.45) is 1.24. The number of hydrogen-bond acceptors (Lipinski definition) is 2. The molecule has 0 spiro atoms. The molecule has 0 aliphatic rings. The molecule has 2 nitrogen and oxygen atoms in total. The van der Waals surface area contributed by atoms with Crippen molar-refractivity contribution >= 4 is 28.8 Å². The fraction of sp³-hybridized carbons (Fsp3) is 0.267. The Labute approximate surface area is 122 Å². The molecule has 2 rings (SSSR count). The van der Waals surface area contributed by atoms with Crippen LogP contribution in [0.4, 0.5) is 0 Å². The first-order chi connectivity index (χ1) is 9.13. The predicted molar refractivity (Wildman–Crippen MR) is 80.8 cm³/mol. The van der Waals surface area contributed by atoms with Crippen LogP contribution >= 0.6 is 22.9 Å². The molecule has 19 heavy (non-hydrogen) atoms. The number of rotatable bonds is 5. The Morgan fingerprint density at radius 2 is 2.21 bits per heavy atom. The van der Waals surface area contributed by atoms with Crippen molar-refractivity contribution < 1.29 is 4.79 Å². The topological polar surface area (TPSA) is 29.1 Å². The highest BCUT2D eigenvalue weighted by atomic mass is 35.5. The zero-order valence-electron chi connectivity index (χ0n) is 10.7. The van der Waals surface area contributed by atoms with Gasteiger partial charge in [0, 0.05) is 15.9 Å². The third-order valence-electron chi connectivity index (χ3n) is 2.75. The standard InChI is InChI=1S/C15H16ClNOS/c1-11(8-12-4-2-5-13(16)9-12)17-15(18)10-14-6-3-7-19-14/h2-7,9,11H,8,10H2,1H3,(H,17,18)/t11-/m0/s1. The summed E-state index contributed by atoms with van der Waals surface area (Å²) < 4.78 is 0. The molecule has 0 saturated carbocycles. The van der Waals surface area contributed by atoms with Crippen LogP contribution in [0.2, 0.25) is 5.02 Å². The number of hydrogen-bond donors (Lipinski definition) is 1. The molecule has 1 atom stereocenters. The van der Waals surface area contributed by atoms with E-state index in [0.29, 0.717) is 6.42 Å². The molecular formula is C15H16ClNOS. The lowest BCUT2D eigenvalue weighted by atomic mass is 10.1. The smallest absolute Gasteiger partial charge is 0.225 e. The molecular weight excluding hydrogens is 278 g/mol. The van der Waals surface area contributed by atoms with Gasteiger partial charge in [-0.15, -0.1) is 11.3 Å². The lowest BCUT2D eigenvalue weighted by molar-refractivity contribution is -0.120. The van der Waals surface area contributed by atoms with Crippen LogP contribution < -0.4 is 5.32 Å². The third kappa shape index (κ3) is 4.69. The number of carbonyl (C=O) groups excluding carboxylic acids is 1. The highest BCUT2D eigenvalue weighted by molar-refractivity contribution is 7.10. The van der Waals surface area contributed by atoms with Gasteiger partial charge in [-0.25, -0.2) is 0 Å². The Morgan fingerprint density at radius 3 is 2.89 bits per heavy atom. The van der Waals surface area contributed by atoms with E-state index in [1.807, 2.05) is 48.7 Å². The second kappa shape index (κ2) is 6.73. The van der Waals surface area contributed by atoms with Crippen molar-refractivity contribution in [2.75, 3.05) is 0 Å². The van der Waals surface area contributed by atoms with E-state index in [1.54, 1.807) is 11.3 Å². The minimum Gasteiger partial charge on any atom is -0.353 e. The van der Waals surface area contributed by atoms with E-state index >= 15 is 0 Å². The molecule has 1 aromatic heterocycles. The first-order valence-corrected chi connectivity index (χ1v) is 7.45. The van der Waals surface area contributed by atoms with Crippen molar-refractivity contribution in [3.05, 3.63) is 57.2 Å². The molecule has 0 fully saturated rings. The second-order valence-electron chi connectivity index (χ2n) is 4.56. The highest BCUT2D eigenvalue weighted by Gasteiger charge is 2.09. The molecule has 0 aliphatic heterocycles. The molecule has 1 aromatic carbocycles. The number of carbonyl (C=O) groups is 1. The Bertz CT molecular complexity index is 539. The normalized spacial score (nSPS) is 12.1. The van der Waals surface area contributed by atoms with Crippen molar-refractivity contribution in [1.82, 2.24) is 5.32 Å². The average molecular weight is 294 g/mol. The van der Waals surface area contributed by atoms with Crippen LogP contribution in [0.3, 0.4) is 0 Å². The first-order valence-electron chi connectivity index (χ1n) is 6.19. The van der Waals surface area contributed by atoms with E-state index in [-0.39, 0.29) is 11.9 Å². The summed E-state index contributed by atoms with van der Waals surface area (Å²) in [5.41, 5.74) is 1.14. The van der Waals surface area contributed by atoms with E-state index in [0.717, 1.165) is 21.9 Å². The number of halogens is 1. The summed E-state index contributed by atoms with van der Waals surface area (Å²) in [4.78, 5) is 12.9. The van der Waals surface area contributed by atoms with Crippen LogP contribution in [0.5, 0.6) is 0 Å². The second-order valence-corrected chi connectivity index (χ2v) is 6.03. The van der Waals surface area contributed by atoms with Crippen LogP contribution in [0.1, 0.15) is 17.4 Å². The molecule has 1 amide bonds. The molecule has 1 heterocycles. The Morgan fingerprint density at radius 1 is 1.37 bits per heavy atom. The molecule has 2 aromatic rings. The largest absolute Gasteiger partial charge is 0.353 e. The lowest BCUT2D eigenvalue weighted by Crippen LogP contribution is -2.34. The van der Waals surface area contributed by atoms with Gasteiger partial charge in [0.05, 0.1) is 6.42 Å². The quantitative estimate of drug-likeness (QED) is 0.895. The third-order valence-corrected chi connectivity index (χ3v) is 3.86. The number of amides is 1. The van der Waals surface area contributed by atoms with Gasteiger partial charge in [-0.2, -0.15) is 0 Å². The predicted octanol–water partition coefficient (Wildman–Crippen LogP) is 3.69. The molecule has 0 radical (unpaired) electrons. The molecule has 0 saturated heterocycles. The minimum absolute atomic E-state index is 0.0666. The van der Waals surface area contributed by atoms with Crippen LogP contribution in [-0.2, 0) is 17.6 Å². The molecule has 4 heteroatoms. The summed E-state index contributed by atoms with van der Waals surface area (Å²) in [5, 5.41) is 5.73. The highest BCUT2D eigenvalue weighted by Crippen LogP contribution is 2.13. The van der Waals surface area contributed by atoms with Crippen molar-refractivity contribution in [2.45, 2.75) is 25.8 Å². The van der Waals surface area contributed by atoms with E-state index in [1.165, 1.54) is 0 Å². The van der Waals surface area contributed by atoms with E-state index in [4.69, 9.17) is 11.6 Å². The van der Waals surface area contributed by atoms with Crippen LogP contribution in [0.25, 0.3) is 0 Å². The average Bonchev–Trinajstić information content (AvgIpc) is 2.81. The molecule has 0 unspecified atom stereocenters. The maximum atomic E-state index is 11.8. The zero-order valence-corrected chi connectivity index (χ0v) is 12.3. The Hall–Kier alpha value is -1.32. The molecule has 1 N–H and O–H groups in total. The van der Waals surface area contributed by atoms with Gasteiger partial charge in [0.15, 0.2) is 0 Å². The summed E-state index contributed by atoms with van der Waals surface area (Å²) >= 11 is 7.55. The number of thiophene rings is 1. The maximum absolute atomic E-state index is 11.8. The molecule has 0 bridgehead atoms. The van der Waals surface area contributed by atoms with Crippen LogP contribution in [-0.4, -0.2) is 11.9 Å². The monoisotopic (exact) mass is 293 g/mol. The molecule has 100 valence electrons. The zero-order chi connectivity index (χ0) is 13.7. The van der Waals surface area contributed by atoms with Crippen LogP contribution in [0, 0.1) is 0 Å². The van der Waals surface area contributed by atoms with E-state index < -0.39 is 0 Å². The maximum Gasteiger partial charge on any atom is 0.225 e. The first kappa shape index (κ1) is 14.1. The number of nitrogens with one attached hydrogen (secondary N) is 1. The van der Waals surface area contributed by atoms with Crippen molar-refractivity contribution in [3.63, 3.8) is 0 Å². The van der Waals surface area contributed by atoms with E-state index in [2.05, 4.69) is 5.32 Å². The number of benzene rings is 1. The van der Waals surface area contributed by atoms with Gasteiger partial charge in [-0.1, -0.05) is 29.8 Å². The van der Waals surface area contributed by atoms with Crippen molar-refractivity contribution in [2.24, 2.45) is 0 Å². The summed E-state index contributed by atoms with van der Waals surface area (Å²) in [6, 6.07) is 11.8. The summed E-state index contributed by atoms with van der Waals surface area (Å²) in [7, 11) is 0. The van der Waals surface area contributed by atoms with Gasteiger partial charge in [-0.3, -0.25) is 4.79 Å². The van der Waals surface area contributed by atoms with Gasteiger partial charge in [0.1, 0.15) is 0 Å². The van der Waals surface area contributed by atoms with Crippen molar-refractivity contribution in [1.29, 1.82) is 0 Å². The SMILES string of the molecule is C[C@@H](Cc1cccc(Cl)c1)NC(=O)Cc1cccs1. The summed E-state index contributed by atoms with van der Waals surface area (Å²) in [6.45, 7) is 2.01.